The van der Waals surface area contributed by atoms with Gasteiger partial charge in [-0.3, -0.25) is 4.39 Å². The van der Waals surface area contributed by atoms with Crippen LogP contribution in [0.3, 0.4) is 0 Å². The molecular formula is C6H3F2IMg. The van der Waals surface area contributed by atoms with E-state index < -0.39 is 11.6 Å². The van der Waals surface area contributed by atoms with Crippen LogP contribution >= 0.6 is 0 Å². The van der Waals surface area contributed by atoms with Crippen LogP contribution in [0.15, 0.2) is 18.2 Å². The van der Waals surface area contributed by atoms with Gasteiger partial charge in [-0.15, -0.1) is 12.1 Å². The molecule has 0 aromatic heterocycles. The predicted molar refractivity (Wildman–Crippen MR) is 30.9 cm³/mol. The third-order valence-electron chi connectivity index (χ3n) is 0.764. The van der Waals surface area contributed by atoms with E-state index in [-0.39, 0.29) is 47.0 Å². The molecule has 10 heavy (non-hydrogen) atoms. The molecule has 4 heteroatoms. The fourth-order valence-electron chi connectivity index (χ4n) is 0.391. The number of benzene rings is 1. The molecule has 0 bridgehead atoms. The van der Waals surface area contributed by atoms with Gasteiger partial charge in [0.05, 0.1) is 0 Å². The van der Waals surface area contributed by atoms with Gasteiger partial charge in [0, 0.05) is 11.6 Å². The molecule has 0 saturated heterocycles. The normalized spacial score (nSPS) is 7.40. The van der Waals surface area contributed by atoms with Gasteiger partial charge in [-0.05, 0) is 0 Å². The van der Waals surface area contributed by atoms with E-state index in [1.54, 1.807) is 0 Å². The molecule has 0 saturated carbocycles. The molecule has 0 radical (unpaired) electrons. The van der Waals surface area contributed by atoms with E-state index in [2.05, 4.69) is 6.07 Å². The van der Waals surface area contributed by atoms with Gasteiger partial charge in [-0.25, -0.2) is 4.39 Å². The predicted octanol–water partition coefficient (Wildman–Crippen LogP) is -1.61. The van der Waals surface area contributed by atoms with Crippen molar-refractivity contribution in [3.8, 4) is 0 Å². The summed E-state index contributed by atoms with van der Waals surface area (Å²) in [6, 6.07) is 5.68. The molecular weight excluding hydrogens is 261 g/mol. The standard InChI is InChI=1S/C6H3F2.HI.Mg/c7-5-3-1-2-4-6(5)8;;/h1,3-4H;1H;/q-1;;+2/p-1. The molecule has 0 N–H and O–H groups in total. The van der Waals surface area contributed by atoms with Crippen LogP contribution < -0.4 is 24.0 Å². The van der Waals surface area contributed by atoms with Gasteiger partial charge in [-0.1, -0.05) is 0 Å². The van der Waals surface area contributed by atoms with Crippen molar-refractivity contribution in [1.82, 2.24) is 0 Å². The van der Waals surface area contributed by atoms with Crippen LogP contribution in [-0.4, -0.2) is 23.1 Å². The molecule has 0 spiro atoms. The van der Waals surface area contributed by atoms with E-state index in [0.717, 1.165) is 12.1 Å². The Balaban J connectivity index is 0. The molecule has 0 amide bonds. The quantitative estimate of drug-likeness (QED) is 0.300. The third kappa shape index (κ3) is 3.67. The van der Waals surface area contributed by atoms with E-state index in [4.69, 9.17) is 0 Å². The van der Waals surface area contributed by atoms with Crippen molar-refractivity contribution in [3.05, 3.63) is 35.9 Å². The Morgan fingerprint density at radius 1 is 1.20 bits per heavy atom. The van der Waals surface area contributed by atoms with Crippen molar-refractivity contribution in [1.29, 1.82) is 0 Å². The zero-order valence-electron chi connectivity index (χ0n) is 5.07. The van der Waals surface area contributed by atoms with Crippen molar-refractivity contribution in [2.75, 3.05) is 0 Å². The van der Waals surface area contributed by atoms with Gasteiger partial charge >= 0.3 is 23.1 Å². The van der Waals surface area contributed by atoms with Gasteiger partial charge in [0.2, 0.25) is 0 Å². The molecule has 1 rings (SSSR count). The van der Waals surface area contributed by atoms with Gasteiger partial charge in [0.1, 0.15) is 0 Å². The maximum absolute atomic E-state index is 11.9. The second kappa shape index (κ2) is 6.30. The molecule has 1 aromatic rings. The summed E-state index contributed by atoms with van der Waals surface area (Å²) < 4.78 is 23.8. The summed E-state index contributed by atoms with van der Waals surface area (Å²) in [7, 11) is 0. The summed E-state index contributed by atoms with van der Waals surface area (Å²) in [4.78, 5) is 0. The first kappa shape index (κ1) is 13.2. The van der Waals surface area contributed by atoms with Crippen LogP contribution in [0.5, 0.6) is 0 Å². The average molecular weight is 264 g/mol. The van der Waals surface area contributed by atoms with E-state index in [1.165, 1.54) is 6.07 Å². The second-order valence-corrected chi connectivity index (χ2v) is 1.34. The molecule has 0 aliphatic rings. The summed E-state index contributed by atoms with van der Waals surface area (Å²) in [5.74, 6) is -1.68. The number of rotatable bonds is 0. The van der Waals surface area contributed by atoms with E-state index >= 15 is 0 Å². The van der Waals surface area contributed by atoms with Gasteiger partial charge in [-0.2, -0.15) is 12.1 Å². The van der Waals surface area contributed by atoms with E-state index in [9.17, 15) is 8.78 Å². The minimum Gasteiger partial charge on any atom is -1.00 e. The Bertz CT molecular complexity index is 172. The fraction of sp³-hybridized carbons (Fsp3) is 0. The minimum absolute atomic E-state index is 0. The van der Waals surface area contributed by atoms with Gasteiger partial charge in [0.25, 0.3) is 0 Å². The monoisotopic (exact) mass is 264 g/mol. The first-order valence-electron chi connectivity index (χ1n) is 2.12. The van der Waals surface area contributed by atoms with Crippen molar-refractivity contribution < 1.29 is 32.8 Å². The van der Waals surface area contributed by atoms with Gasteiger partial charge in [0.15, 0.2) is 0 Å². The first-order valence-corrected chi connectivity index (χ1v) is 2.12. The summed E-state index contributed by atoms with van der Waals surface area (Å²) in [5.41, 5.74) is 0. The van der Waals surface area contributed by atoms with Crippen molar-refractivity contribution in [3.63, 3.8) is 0 Å². The van der Waals surface area contributed by atoms with Crippen LogP contribution in [0.1, 0.15) is 0 Å². The van der Waals surface area contributed by atoms with Crippen LogP contribution in [0.25, 0.3) is 0 Å². The van der Waals surface area contributed by atoms with Crippen LogP contribution in [0, 0.1) is 17.7 Å². The summed E-state index contributed by atoms with van der Waals surface area (Å²) in [6.45, 7) is 0. The zero-order chi connectivity index (χ0) is 5.98. The molecule has 0 unspecified atom stereocenters. The van der Waals surface area contributed by atoms with E-state index in [0.29, 0.717) is 0 Å². The van der Waals surface area contributed by atoms with Crippen LogP contribution in [0.2, 0.25) is 0 Å². The third-order valence-corrected chi connectivity index (χ3v) is 0.764. The largest absolute Gasteiger partial charge is 2.00 e. The average Bonchev–Trinajstić information content (AvgIpc) is 1.77. The van der Waals surface area contributed by atoms with Gasteiger partial charge < -0.3 is 24.0 Å². The summed E-state index contributed by atoms with van der Waals surface area (Å²) in [5, 5.41) is 0. The van der Waals surface area contributed by atoms with Crippen molar-refractivity contribution in [2.45, 2.75) is 0 Å². The number of halogens is 3. The molecule has 1 aromatic carbocycles. The summed E-state index contributed by atoms with van der Waals surface area (Å²) >= 11 is 0. The minimum atomic E-state index is -0.854. The fourth-order valence-corrected chi connectivity index (χ4v) is 0.391. The Kier molecular flexibility index (Phi) is 8.30. The zero-order valence-corrected chi connectivity index (χ0v) is 8.64. The Morgan fingerprint density at radius 2 is 1.80 bits per heavy atom. The topological polar surface area (TPSA) is 0 Å². The maximum Gasteiger partial charge on any atom is 2.00 e. The SMILES string of the molecule is Fc1c[c-]ccc1F.[I-].[Mg+2]. The van der Waals surface area contributed by atoms with E-state index in [1.807, 2.05) is 0 Å². The molecule has 0 aliphatic heterocycles. The molecule has 50 valence electrons. The smallest absolute Gasteiger partial charge is 1.00 e. The number of hydrogen-bond acceptors (Lipinski definition) is 0. The van der Waals surface area contributed by atoms with Crippen molar-refractivity contribution >= 4 is 23.1 Å². The summed E-state index contributed by atoms with van der Waals surface area (Å²) in [6.07, 6.45) is 0. The van der Waals surface area contributed by atoms with Crippen molar-refractivity contribution in [2.24, 2.45) is 0 Å². The molecule has 0 atom stereocenters. The molecule has 0 heterocycles. The first-order chi connectivity index (χ1) is 3.80. The molecule has 0 aliphatic carbocycles. The Labute approximate surface area is 91.2 Å². The number of hydrogen-bond donors (Lipinski definition) is 0. The van der Waals surface area contributed by atoms with Crippen LogP contribution in [0.4, 0.5) is 8.78 Å². The Hall–Kier alpha value is 0.576. The molecule has 0 nitrogen and oxygen atoms in total. The van der Waals surface area contributed by atoms with Crippen LogP contribution in [-0.2, 0) is 0 Å². The maximum atomic E-state index is 11.9. The molecule has 0 fully saturated rings. The second-order valence-electron chi connectivity index (χ2n) is 1.34. The Morgan fingerprint density at radius 3 is 2.10 bits per heavy atom.